The van der Waals surface area contributed by atoms with Gasteiger partial charge in [0.2, 0.25) is 0 Å². The molecule has 1 aromatic carbocycles. The van der Waals surface area contributed by atoms with Crippen molar-refractivity contribution >= 4 is 27.6 Å². The molecule has 94 valence electrons. The fourth-order valence-corrected chi connectivity index (χ4v) is 3.45. The van der Waals surface area contributed by atoms with Crippen molar-refractivity contribution < 1.29 is 9.90 Å². The van der Waals surface area contributed by atoms with Crippen molar-refractivity contribution in [2.24, 2.45) is 5.92 Å². The Morgan fingerprint density at radius 2 is 2.39 bits per heavy atom. The summed E-state index contributed by atoms with van der Waals surface area (Å²) in [6.07, 6.45) is 0.656. The number of aliphatic carboxylic acids is 1. The van der Waals surface area contributed by atoms with Crippen LogP contribution in [0.4, 0.5) is 0 Å². The van der Waals surface area contributed by atoms with Gasteiger partial charge in [-0.15, -0.1) is 0 Å². The van der Waals surface area contributed by atoms with Crippen LogP contribution in [0, 0.1) is 12.8 Å². The van der Waals surface area contributed by atoms with Crippen LogP contribution in [-0.4, -0.2) is 22.0 Å². The second-order valence-electron chi connectivity index (χ2n) is 4.72. The molecule has 3 rings (SSSR count). The lowest BCUT2D eigenvalue weighted by atomic mass is 9.97. The smallest absolute Gasteiger partial charge is 0.307 e. The van der Waals surface area contributed by atoms with Gasteiger partial charge in [-0.2, -0.15) is 4.37 Å². The van der Waals surface area contributed by atoms with Gasteiger partial charge in [-0.25, -0.2) is 0 Å². The predicted molar refractivity (Wildman–Crippen MR) is 70.8 cm³/mol. The molecule has 2 unspecified atom stereocenters. The molecule has 1 saturated heterocycles. The minimum absolute atomic E-state index is 0.130. The van der Waals surface area contributed by atoms with Gasteiger partial charge in [0.15, 0.2) is 0 Å². The van der Waals surface area contributed by atoms with E-state index in [4.69, 9.17) is 5.11 Å². The highest BCUT2D eigenvalue weighted by atomic mass is 32.1. The molecule has 2 aromatic rings. The van der Waals surface area contributed by atoms with E-state index in [0.717, 1.165) is 5.69 Å². The van der Waals surface area contributed by atoms with Gasteiger partial charge in [0.25, 0.3) is 0 Å². The van der Waals surface area contributed by atoms with Gasteiger partial charge >= 0.3 is 5.97 Å². The molecule has 0 spiro atoms. The first kappa shape index (κ1) is 11.6. The zero-order valence-electron chi connectivity index (χ0n) is 10.0. The van der Waals surface area contributed by atoms with Crippen LogP contribution in [-0.2, 0) is 4.79 Å². The zero-order chi connectivity index (χ0) is 12.7. The van der Waals surface area contributed by atoms with Crippen molar-refractivity contribution in [3.8, 4) is 0 Å². The number of aromatic nitrogens is 1. The molecule has 4 nitrogen and oxygen atoms in total. The Bertz CT molecular complexity index is 608. The van der Waals surface area contributed by atoms with E-state index < -0.39 is 5.97 Å². The number of carboxylic acid groups (broad SMARTS) is 1. The minimum atomic E-state index is -0.711. The molecule has 2 atom stereocenters. The van der Waals surface area contributed by atoms with Crippen LogP contribution in [0.2, 0.25) is 0 Å². The average Bonchev–Trinajstić information content (AvgIpc) is 2.96. The van der Waals surface area contributed by atoms with Gasteiger partial charge in [0, 0.05) is 18.0 Å². The van der Waals surface area contributed by atoms with Gasteiger partial charge in [-0.3, -0.25) is 4.79 Å². The van der Waals surface area contributed by atoms with E-state index in [-0.39, 0.29) is 12.0 Å². The second-order valence-corrected chi connectivity index (χ2v) is 5.53. The van der Waals surface area contributed by atoms with E-state index in [1.54, 1.807) is 0 Å². The Labute approximate surface area is 109 Å². The Balaban J connectivity index is 2.00. The number of carbonyl (C=O) groups is 1. The third kappa shape index (κ3) is 1.79. The van der Waals surface area contributed by atoms with E-state index in [9.17, 15) is 4.79 Å². The highest BCUT2D eigenvalue weighted by Crippen LogP contribution is 2.34. The highest BCUT2D eigenvalue weighted by Gasteiger charge is 2.31. The molecule has 1 aromatic heterocycles. The van der Waals surface area contributed by atoms with Crippen molar-refractivity contribution in [2.45, 2.75) is 19.4 Å². The fraction of sp³-hybridized carbons (Fsp3) is 0.385. The summed E-state index contributed by atoms with van der Waals surface area (Å²) in [7, 11) is 0. The first-order chi connectivity index (χ1) is 8.66. The SMILES string of the molecule is Cc1nsc2cccc(C3CC(C(=O)O)CN3)c12. The van der Waals surface area contributed by atoms with E-state index in [1.807, 2.05) is 13.0 Å². The third-order valence-corrected chi connectivity index (χ3v) is 4.46. The number of fused-ring (bicyclic) bond motifs is 1. The number of rotatable bonds is 2. The maximum Gasteiger partial charge on any atom is 0.307 e. The van der Waals surface area contributed by atoms with Crippen LogP contribution >= 0.6 is 11.5 Å². The Hall–Kier alpha value is -1.46. The lowest BCUT2D eigenvalue weighted by Gasteiger charge is -2.12. The molecule has 5 heteroatoms. The summed E-state index contributed by atoms with van der Waals surface area (Å²) in [4.78, 5) is 11.0. The van der Waals surface area contributed by atoms with Gasteiger partial charge in [-0.1, -0.05) is 12.1 Å². The summed E-state index contributed by atoms with van der Waals surface area (Å²) in [6, 6.07) is 6.29. The standard InChI is InChI=1S/C13H14N2O2S/c1-7-12-9(3-2-4-11(12)18-15-7)10-5-8(6-14-10)13(16)17/h2-4,8,10,14H,5-6H2,1H3,(H,16,17). The quantitative estimate of drug-likeness (QED) is 0.872. The number of nitrogens with zero attached hydrogens (tertiary/aromatic N) is 1. The third-order valence-electron chi connectivity index (χ3n) is 3.56. The summed E-state index contributed by atoms with van der Waals surface area (Å²) in [5, 5.41) is 13.6. The maximum atomic E-state index is 11.0. The van der Waals surface area contributed by atoms with Gasteiger partial charge in [0.1, 0.15) is 0 Å². The first-order valence-electron chi connectivity index (χ1n) is 5.98. The molecule has 1 fully saturated rings. The summed E-state index contributed by atoms with van der Waals surface area (Å²) >= 11 is 1.50. The lowest BCUT2D eigenvalue weighted by Crippen LogP contribution is -2.17. The molecule has 1 aliphatic rings. The molecule has 0 aliphatic carbocycles. The van der Waals surface area contributed by atoms with Crippen molar-refractivity contribution in [1.82, 2.24) is 9.69 Å². The van der Waals surface area contributed by atoms with Crippen molar-refractivity contribution in [2.75, 3.05) is 6.54 Å². The fourth-order valence-electron chi connectivity index (χ4n) is 2.63. The molecule has 0 bridgehead atoms. The van der Waals surface area contributed by atoms with Gasteiger partial charge in [0.05, 0.1) is 16.3 Å². The Morgan fingerprint density at radius 1 is 1.56 bits per heavy atom. The van der Waals surface area contributed by atoms with Crippen LogP contribution in [0.3, 0.4) is 0 Å². The molecule has 0 amide bonds. The zero-order valence-corrected chi connectivity index (χ0v) is 10.8. The lowest BCUT2D eigenvalue weighted by molar-refractivity contribution is -0.141. The van der Waals surface area contributed by atoms with E-state index >= 15 is 0 Å². The van der Waals surface area contributed by atoms with E-state index in [2.05, 4.69) is 21.8 Å². The van der Waals surface area contributed by atoms with Gasteiger partial charge in [-0.05, 0) is 36.5 Å². The maximum absolute atomic E-state index is 11.0. The largest absolute Gasteiger partial charge is 0.481 e. The average molecular weight is 262 g/mol. The van der Waals surface area contributed by atoms with Crippen molar-refractivity contribution in [3.05, 3.63) is 29.5 Å². The topological polar surface area (TPSA) is 62.2 Å². The molecule has 1 aliphatic heterocycles. The number of nitrogens with one attached hydrogen (secondary N) is 1. The monoisotopic (exact) mass is 262 g/mol. The van der Waals surface area contributed by atoms with Crippen LogP contribution in [0.5, 0.6) is 0 Å². The Kier molecular flexibility index (Phi) is 2.80. The van der Waals surface area contributed by atoms with E-state index in [0.29, 0.717) is 13.0 Å². The van der Waals surface area contributed by atoms with E-state index in [1.165, 1.54) is 27.2 Å². The second kappa shape index (κ2) is 4.33. The molecule has 0 saturated carbocycles. The van der Waals surface area contributed by atoms with Crippen molar-refractivity contribution in [3.63, 3.8) is 0 Å². The van der Waals surface area contributed by atoms with Crippen LogP contribution < -0.4 is 5.32 Å². The molecule has 0 radical (unpaired) electrons. The summed E-state index contributed by atoms with van der Waals surface area (Å²) in [6.45, 7) is 2.55. The normalized spacial score (nSPS) is 23.6. The number of hydrogen-bond donors (Lipinski definition) is 2. The van der Waals surface area contributed by atoms with Crippen LogP contribution in [0.25, 0.3) is 10.1 Å². The molecule has 2 heterocycles. The summed E-state index contributed by atoms with van der Waals surface area (Å²) in [5.74, 6) is -0.991. The molecule has 2 N–H and O–H groups in total. The van der Waals surface area contributed by atoms with Gasteiger partial charge < -0.3 is 10.4 Å². The number of benzene rings is 1. The minimum Gasteiger partial charge on any atom is -0.481 e. The summed E-state index contributed by atoms with van der Waals surface area (Å²) in [5.41, 5.74) is 2.22. The summed E-state index contributed by atoms with van der Waals surface area (Å²) < 4.78 is 5.55. The highest BCUT2D eigenvalue weighted by molar-refractivity contribution is 7.13. The number of carboxylic acids is 1. The molecular weight excluding hydrogens is 248 g/mol. The molecular formula is C13H14N2O2S. The predicted octanol–water partition coefficient (Wildman–Crippen LogP) is 2.34. The molecule has 18 heavy (non-hydrogen) atoms. The number of aryl methyl sites for hydroxylation is 1. The first-order valence-corrected chi connectivity index (χ1v) is 6.75. The number of hydrogen-bond acceptors (Lipinski definition) is 4. The van der Waals surface area contributed by atoms with Crippen LogP contribution in [0.15, 0.2) is 18.2 Å². The Morgan fingerprint density at radius 3 is 3.11 bits per heavy atom. The van der Waals surface area contributed by atoms with Crippen LogP contribution in [0.1, 0.15) is 23.7 Å². The van der Waals surface area contributed by atoms with Crippen molar-refractivity contribution in [1.29, 1.82) is 0 Å².